The van der Waals surface area contributed by atoms with E-state index in [0.29, 0.717) is 16.3 Å². The lowest BCUT2D eigenvalue weighted by atomic mass is 10.2. The molecule has 1 aromatic carbocycles. The molecule has 0 unspecified atom stereocenters. The second kappa shape index (κ2) is 4.53. The summed E-state index contributed by atoms with van der Waals surface area (Å²) in [5.74, 6) is 0. The van der Waals surface area contributed by atoms with Crippen molar-refractivity contribution in [3.63, 3.8) is 0 Å². The highest BCUT2D eigenvalue weighted by molar-refractivity contribution is 6.30. The summed E-state index contributed by atoms with van der Waals surface area (Å²) < 4.78 is 38.2. The van der Waals surface area contributed by atoms with E-state index >= 15 is 0 Å². The third-order valence-corrected chi connectivity index (χ3v) is 2.61. The summed E-state index contributed by atoms with van der Waals surface area (Å²) >= 11 is 5.73. The highest BCUT2D eigenvalue weighted by atomic mass is 35.5. The summed E-state index contributed by atoms with van der Waals surface area (Å²) in [4.78, 5) is 0. The van der Waals surface area contributed by atoms with Crippen molar-refractivity contribution < 1.29 is 13.2 Å². The molecule has 0 bridgehead atoms. The molecule has 0 atom stereocenters. The van der Waals surface area contributed by atoms with Gasteiger partial charge in [-0.2, -0.15) is 18.3 Å². The molecular weight excluding hydrogens is 267 g/mol. The van der Waals surface area contributed by atoms with Gasteiger partial charge < -0.3 is 5.73 Å². The van der Waals surface area contributed by atoms with Crippen LogP contribution in [-0.2, 0) is 12.7 Å². The number of halogens is 4. The lowest BCUT2D eigenvalue weighted by Crippen LogP contribution is -2.09. The standard InChI is InChI=1S/C11H9ClF3N3/c12-8-2-1-7(9(16)5-8)6-18-4-3-10(17-18)11(13,14)15/h1-5H,6,16H2. The van der Waals surface area contributed by atoms with Crippen molar-refractivity contribution in [1.29, 1.82) is 0 Å². The Bertz CT molecular complexity index is 563. The molecule has 7 heteroatoms. The number of hydrogen-bond acceptors (Lipinski definition) is 2. The molecule has 1 aromatic heterocycles. The SMILES string of the molecule is Nc1cc(Cl)ccc1Cn1ccc(C(F)(F)F)n1. The number of alkyl halides is 3. The molecule has 3 nitrogen and oxygen atoms in total. The molecule has 2 aromatic rings. The van der Waals surface area contributed by atoms with Crippen molar-refractivity contribution in [1.82, 2.24) is 9.78 Å². The van der Waals surface area contributed by atoms with Crippen molar-refractivity contribution in [3.8, 4) is 0 Å². The highest BCUT2D eigenvalue weighted by Crippen LogP contribution is 2.27. The molecule has 2 rings (SSSR count). The lowest BCUT2D eigenvalue weighted by molar-refractivity contribution is -0.141. The van der Waals surface area contributed by atoms with Gasteiger partial charge in [-0.1, -0.05) is 17.7 Å². The molecule has 1 heterocycles. The van der Waals surface area contributed by atoms with Crippen molar-refractivity contribution in [2.75, 3.05) is 5.73 Å². The van der Waals surface area contributed by atoms with E-state index in [4.69, 9.17) is 17.3 Å². The molecule has 0 radical (unpaired) electrons. The van der Waals surface area contributed by atoms with Crippen LogP contribution in [0.4, 0.5) is 18.9 Å². The number of anilines is 1. The van der Waals surface area contributed by atoms with Gasteiger partial charge in [-0.25, -0.2) is 0 Å². The average molecular weight is 276 g/mol. The molecule has 0 saturated carbocycles. The molecule has 0 aliphatic carbocycles. The van der Waals surface area contributed by atoms with Gasteiger partial charge in [-0.3, -0.25) is 4.68 Å². The smallest absolute Gasteiger partial charge is 0.398 e. The first-order chi connectivity index (χ1) is 8.36. The van der Waals surface area contributed by atoms with E-state index in [0.717, 1.165) is 6.07 Å². The minimum atomic E-state index is -4.43. The van der Waals surface area contributed by atoms with Crippen molar-refractivity contribution >= 4 is 17.3 Å². The van der Waals surface area contributed by atoms with Gasteiger partial charge >= 0.3 is 6.18 Å². The first-order valence-corrected chi connectivity index (χ1v) is 5.38. The monoisotopic (exact) mass is 275 g/mol. The van der Waals surface area contributed by atoms with Gasteiger partial charge in [0.05, 0.1) is 6.54 Å². The largest absolute Gasteiger partial charge is 0.435 e. The Morgan fingerprint density at radius 3 is 2.56 bits per heavy atom. The van der Waals surface area contributed by atoms with E-state index in [-0.39, 0.29) is 6.54 Å². The van der Waals surface area contributed by atoms with Crippen LogP contribution in [0, 0.1) is 0 Å². The number of hydrogen-bond donors (Lipinski definition) is 1. The quantitative estimate of drug-likeness (QED) is 0.856. The maximum Gasteiger partial charge on any atom is 0.435 e. The summed E-state index contributed by atoms with van der Waals surface area (Å²) in [5, 5.41) is 3.92. The van der Waals surface area contributed by atoms with Crippen LogP contribution in [-0.4, -0.2) is 9.78 Å². The third-order valence-electron chi connectivity index (χ3n) is 2.37. The second-order valence-electron chi connectivity index (χ2n) is 3.74. The zero-order chi connectivity index (χ0) is 13.3. The lowest BCUT2D eigenvalue weighted by Gasteiger charge is -2.06. The molecule has 0 saturated heterocycles. The molecule has 2 N–H and O–H groups in total. The predicted molar refractivity (Wildman–Crippen MR) is 62.2 cm³/mol. The topological polar surface area (TPSA) is 43.8 Å². The Morgan fingerprint density at radius 1 is 1.28 bits per heavy atom. The number of nitrogens with zero attached hydrogens (tertiary/aromatic N) is 2. The van der Waals surface area contributed by atoms with E-state index in [1.165, 1.54) is 10.9 Å². The van der Waals surface area contributed by atoms with Crippen LogP contribution >= 0.6 is 11.6 Å². The summed E-state index contributed by atoms with van der Waals surface area (Å²) in [6.45, 7) is 0.166. The molecule has 18 heavy (non-hydrogen) atoms. The molecule has 0 aliphatic rings. The number of rotatable bonds is 2. The van der Waals surface area contributed by atoms with Crippen LogP contribution in [0.3, 0.4) is 0 Å². The van der Waals surface area contributed by atoms with Crippen LogP contribution in [0.15, 0.2) is 30.5 Å². The van der Waals surface area contributed by atoms with E-state index in [1.54, 1.807) is 18.2 Å². The highest BCUT2D eigenvalue weighted by Gasteiger charge is 2.33. The first-order valence-electron chi connectivity index (χ1n) is 5.01. The van der Waals surface area contributed by atoms with Crippen LogP contribution in [0.1, 0.15) is 11.3 Å². The fourth-order valence-electron chi connectivity index (χ4n) is 1.49. The van der Waals surface area contributed by atoms with Crippen LogP contribution in [0.25, 0.3) is 0 Å². The number of benzene rings is 1. The van der Waals surface area contributed by atoms with Gasteiger partial charge in [-0.05, 0) is 23.8 Å². The summed E-state index contributed by atoms with van der Waals surface area (Å²) in [7, 11) is 0. The van der Waals surface area contributed by atoms with Gasteiger partial charge in [0.15, 0.2) is 5.69 Å². The number of nitrogen functional groups attached to an aromatic ring is 1. The third kappa shape index (κ3) is 2.76. The predicted octanol–water partition coefficient (Wildman–Crippen LogP) is 3.19. The van der Waals surface area contributed by atoms with E-state index in [9.17, 15) is 13.2 Å². The first kappa shape index (κ1) is 12.8. The number of aromatic nitrogens is 2. The Morgan fingerprint density at radius 2 is 2.00 bits per heavy atom. The van der Waals surface area contributed by atoms with Crippen molar-refractivity contribution in [3.05, 3.63) is 46.7 Å². The fraction of sp³-hybridized carbons (Fsp3) is 0.182. The molecular formula is C11H9ClF3N3. The van der Waals surface area contributed by atoms with E-state index in [2.05, 4.69) is 5.10 Å². The average Bonchev–Trinajstić information content (AvgIpc) is 2.70. The Balaban J connectivity index is 2.21. The maximum absolute atomic E-state index is 12.4. The van der Waals surface area contributed by atoms with Crippen LogP contribution < -0.4 is 5.73 Å². The van der Waals surface area contributed by atoms with Crippen LogP contribution in [0.5, 0.6) is 0 Å². The Hall–Kier alpha value is -1.69. The van der Waals surface area contributed by atoms with E-state index < -0.39 is 11.9 Å². The summed E-state index contributed by atoms with van der Waals surface area (Å²) in [6.07, 6.45) is -3.17. The van der Waals surface area contributed by atoms with E-state index in [1.807, 2.05) is 0 Å². The fourth-order valence-corrected chi connectivity index (χ4v) is 1.67. The molecule has 0 fully saturated rings. The zero-order valence-electron chi connectivity index (χ0n) is 9.08. The molecule has 0 spiro atoms. The molecule has 96 valence electrons. The summed E-state index contributed by atoms with van der Waals surface area (Å²) in [5.41, 5.74) is 5.88. The van der Waals surface area contributed by atoms with Gasteiger partial charge in [0, 0.05) is 16.9 Å². The van der Waals surface area contributed by atoms with Gasteiger partial charge in [0.25, 0.3) is 0 Å². The van der Waals surface area contributed by atoms with Crippen molar-refractivity contribution in [2.24, 2.45) is 0 Å². The number of nitrogens with two attached hydrogens (primary N) is 1. The van der Waals surface area contributed by atoms with Crippen LogP contribution in [0.2, 0.25) is 5.02 Å². The van der Waals surface area contributed by atoms with Gasteiger partial charge in [0.1, 0.15) is 0 Å². The minimum absolute atomic E-state index is 0.166. The minimum Gasteiger partial charge on any atom is -0.398 e. The second-order valence-corrected chi connectivity index (χ2v) is 4.18. The zero-order valence-corrected chi connectivity index (χ0v) is 9.83. The Labute approximate surface area is 106 Å². The summed E-state index contributed by atoms with van der Waals surface area (Å²) in [6, 6.07) is 5.76. The maximum atomic E-state index is 12.4. The van der Waals surface area contributed by atoms with Gasteiger partial charge in [-0.15, -0.1) is 0 Å². The van der Waals surface area contributed by atoms with Crippen molar-refractivity contribution in [2.45, 2.75) is 12.7 Å². The van der Waals surface area contributed by atoms with Gasteiger partial charge in [0.2, 0.25) is 0 Å². The molecule has 0 aliphatic heterocycles. The Kier molecular flexibility index (Phi) is 3.21. The molecule has 0 amide bonds. The normalized spacial score (nSPS) is 11.8.